The number of rotatable bonds is 4. The maximum Gasteiger partial charge on any atom is 0.325 e. The Bertz CT molecular complexity index is 683. The number of aryl methyl sites for hydroxylation is 1. The number of hydrogen-bond acceptors (Lipinski definition) is 3. The molecular formula is C16H21N3O3. The van der Waals surface area contributed by atoms with Crippen LogP contribution in [0.25, 0.3) is 0 Å². The third-order valence-corrected chi connectivity index (χ3v) is 4.44. The SMILES string of the molecule is Cc1cc(C(=O)CN2C(=O)NC(C)(C)C2=O)c(C)n1C1CC1. The molecule has 1 aromatic heterocycles. The predicted molar refractivity (Wildman–Crippen MR) is 80.8 cm³/mol. The maximum absolute atomic E-state index is 12.5. The molecule has 0 unspecified atom stereocenters. The number of Topliss-reactive ketones (excluding diaryl/α,β-unsaturated/α-hetero) is 1. The molecule has 0 bridgehead atoms. The summed E-state index contributed by atoms with van der Waals surface area (Å²) >= 11 is 0. The van der Waals surface area contributed by atoms with Crippen LogP contribution in [0, 0.1) is 13.8 Å². The van der Waals surface area contributed by atoms with Crippen LogP contribution >= 0.6 is 0 Å². The van der Waals surface area contributed by atoms with Gasteiger partial charge in [0, 0.05) is 23.0 Å². The third kappa shape index (κ3) is 2.23. The van der Waals surface area contributed by atoms with Crippen molar-refractivity contribution in [1.29, 1.82) is 0 Å². The van der Waals surface area contributed by atoms with E-state index >= 15 is 0 Å². The van der Waals surface area contributed by atoms with E-state index in [4.69, 9.17) is 0 Å². The van der Waals surface area contributed by atoms with Gasteiger partial charge in [0.15, 0.2) is 5.78 Å². The van der Waals surface area contributed by atoms with E-state index in [-0.39, 0.29) is 18.2 Å². The molecule has 22 heavy (non-hydrogen) atoms. The van der Waals surface area contributed by atoms with Gasteiger partial charge in [-0.15, -0.1) is 0 Å². The Morgan fingerprint density at radius 3 is 2.45 bits per heavy atom. The van der Waals surface area contributed by atoms with E-state index in [0.717, 1.165) is 29.1 Å². The minimum Gasteiger partial charge on any atom is -0.345 e. The highest BCUT2D eigenvalue weighted by Crippen LogP contribution is 2.38. The lowest BCUT2D eigenvalue weighted by Gasteiger charge is -2.15. The Morgan fingerprint density at radius 2 is 1.95 bits per heavy atom. The lowest BCUT2D eigenvalue weighted by molar-refractivity contribution is -0.129. The van der Waals surface area contributed by atoms with Crippen LogP contribution in [-0.4, -0.2) is 39.3 Å². The van der Waals surface area contributed by atoms with Crippen molar-refractivity contribution in [1.82, 2.24) is 14.8 Å². The molecule has 1 saturated carbocycles. The quantitative estimate of drug-likeness (QED) is 0.682. The second-order valence-corrected chi connectivity index (χ2v) is 6.76. The largest absolute Gasteiger partial charge is 0.345 e. The number of urea groups is 1. The molecule has 2 fully saturated rings. The summed E-state index contributed by atoms with van der Waals surface area (Å²) in [5.74, 6) is -0.553. The fourth-order valence-electron chi connectivity index (χ4n) is 3.14. The molecule has 1 saturated heterocycles. The summed E-state index contributed by atoms with van der Waals surface area (Å²) in [6.45, 7) is 6.98. The highest BCUT2D eigenvalue weighted by molar-refractivity contribution is 6.11. The van der Waals surface area contributed by atoms with Gasteiger partial charge in [0.2, 0.25) is 0 Å². The number of nitrogens with one attached hydrogen (secondary N) is 1. The Labute approximate surface area is 129 Å². The monoisotopic (exact) mass is 303 g/mol. The molecule has 0 spiro atoms. The minimum atomic E-state index is -0.942. The highest BCUT2D eigenvalue weighted by atomic mass is 16.2. The van der Waals surface area contributed by atoms with Gasteiger partial charge in [-0.3, -0.25) is 14.5 Å². The van der Waals surface area contributed by atoms with Crippen LogP contribution in [0.2, 0.25) is 0 Å². The van der Waals surface area contributed by atoms with E-state index in [2.05, 4.69) is 9.88 Å². The summed E-state index contributed by atoms with van der Waals surface area (Å²) in [5.41, 5.74) is 1.65. The van der Waals surface area contributed by atoms with E-state index in [9.17, 15) is 14.4 Å². The molecule has 1 aliphatic heterocycles. The maximum atomic E-state index is 12.5. The Morgan fingerprint density at radius 1 is 1.32 bits per heavy atom. The molecule has 0 atom stereocenters. The summed E-state index contributed by atoms with van der Waals surface area (Å²) in [4.78, 5) is 37.6. The zero-order valence-corrected chi connectivity index (χ0v) is 13.4. The van der Waals surface area contributed by atoms with Crippen molar-refractivity contribution in [2.75, 3.05) is 6.54 Å². The van der Waals surface area contributed by atoms with Crippen LogP contribution in [0.4, 0.5) is 4.79 Å². The van der Waals surface area contributed by atoms with E-state index in [1.165, 1.54) is 0 Å². The fourth-order valence-corrected chi connectivity index (χ4v) is 3.14. The Kier molecular flexibility index (Phi) is 3.16. The van der Waals surface area contributed by atoms with Crippen LogP contribution in [0.3, 0.4) is 0 Å². The number of amides is 3. The molecule has 2 aliphatic rings. The number of carbonyl (C=O) groups excluding carboxylic acids is 3. The standard InChI is InChI=1S/C16H21N3O3/c1-9-7-12(10(2)19(9)11-5-6-11)13(20)8-18-14(21)16(3,4)17-15(18)22/h7,11H,5-6,8H2,1-4H3,(H,17,22). The minimum absolute atomic E-state index is 0.193. The van der Waals surface area contributed by atoms with Gasteiger partial charge in [-0.25, -0.2) is 4.79 Å². The molecule has 0 aromatic carbocycles. The molecule has 2 heterocycles. The topological polar surface area (TPSA) is 71.4 Å². The normalized spacial score (nSPS) is 20.5. The first-order chi connectivity index (χ1) is 10.2. The molecule has 3 rings (SSSR count). The first kappa shape index (κ1) is 14.8. The molecule has 1 aromatic rings. The van der Waals surface area contributed by atoms with Crippen molar-refractivity contribution in [3.63, 3.8) is 0 Å². The van der Waals surface area contributed by atoms with Gasteiger partial charge in [0.25, 0.3) is 5.91 Å². The molecule has 6 nitrogen and oxygen atoms in total. The number of carbonyl (C=O) groups is 3. The average molecular weight is 303 g/mol. The zero-order valence-electron chi connectivity index (χ0n) is 13.4. The van der Waals surface area contributed by atoms with E-state index in [0.29, 0.717) is 11.6 Å². The highest BCUT2D eigenvalue weighted by Gasteiger charge is 2.45. The summed E-state index contributed by atoms with van der Waals surface area (Å²) in [6, 6.07) is 1.86. The lowest BCUT2D eigenvalue weighted by Crippen LogP contribution is -2.41. The Balaban J connectivity index is 1.82. The van der Waals surface area contributed by atoms with Crippen LogP contribution in [-0.2, 0) is 4.79 Å². The second kappa shape index (κ2) is 4.69. The average Bonchev–Trinajstić information content (AvgIpc) is 3.16. The molecule has 0 radical (unpaired) electrons. The molecule has 1 N–H and O–H groups in total. The summed E-state index contributed by atoms with van der Waals surface area (Å²) in [5, 5.41) is 2.59. The van der Waals surface area contributed by atoms with Gasteiger partial charge in [0.05, 0.1) is 6.54 Å². The van der Waals surface area contributed by atoms with Crippen molar-refractivity contribution in [2.24, 2.45) is 0 Å². The number of hydrogen-bond donors (Lipinski definition) is 1. The summed E-state index contributed by atoms with van der Waals surface area (Å²) < 4.78 is 2.18. The van der Waals surface area contributed by atoms with Crippen molar-refractivity contribution < 1.29 is 14.4 Å². The summed E-state index contributed by atoms with van der Waals surface area (Å²) in [7, 11) is 0. The smallest absolute Gasteiger partial charge is 0.325 e. The van der Waals surface area contributed by atoms with Crippen LogP contribution in [0.15, 0.2) is 6.07 Å². The number of aromatic nitrogens is 1. The lowest BCUT2D eigenvalue weighted by atomic mass is 10.1. The Hall–Kier alpha value is -2.11. The van der Waals surface area contributed by atoms with Crippen LogP contribution in [0.5, 0.6) is 0 Å². The molecule has 3 amide bonds. The van der Waals surface area contributed by atoms with Gasteiger partial charge >= 0.3 is 6.03 Å². The first-order valence-corrected chi connectivity index (χ1v) is 7.58. The molecule has 118 valence electrons. The van der Waals surface area contributed by atoms with Crippen molar-refractivity contribution in [3.8, 4) is 0 Å². The van der Waals surface area contributed by atoms with Crippen molar-refractivity contribution >= 4 is 17.7 Å². The fraction of sp³-hybridized carbons (Fsp3) is 0.562. The summed E-state index contributed by atoms with van der Waals surface area (Å²) in [6.07, 6.45) is 2.29. The van der Waals surface area contributed by atoms with E-state index in [1.807, 2.05) is 19.9 Å². The molecular weight excluding hydrogens is 282 g/mol. The number of ketones is 1. The van der Waals surface area contributed by atoms with Crippen LogP contribution < -0.4 is 5.32 Å². The van der Waals surface area contributed by atoms with E-state index < -0.39 is 11.6 Å². The number of nitrogens with zero attached hydrogens (tertiary/aromatic N) is 2. The predicted octanol–water partition coefficient (Wildman–Crippen LogP) is 1.95. The van der Waals surface area contributed by atoms with Gasteiger partial charge in [-0.1, -0.05) is 0 Å². The second-order valence-electron chi connectivity index (χ2n) is 6.76. The third-order valence-electron chi connectivity index (χ3n) is 4.44. The number of imide groups is 1. The zero-order chi connectivity index (χ0) is 16.2. The van der Waals surface area contributed by atoms with Gasteiger partial charge < -0.3 is 9.88 Å². The first-order valence-electron chi connectivity index (χ1n) is 7.58. The molecule has 6 heteroatoms. The van der Waals surface area contributed by atoms with Crippen LogP contribution in [0.1, 0.15) is 54.5 Å². The molecule has 1 aliphatic carbocycles. The van der Waals surface area contributed by atoms with Crippen molar-refractivity contribution in [3.05, 3.63) is 23.0 Å². The van der Waals surface area contributed by atoms with Crippen molar-refractivity contribution in [2.45, 2.75) is 52.1 Å². The van der Waals surface area contributed by atoms with Gasteiger partial charge in [0.1, 0.15) is 5.54 Å². The van der Waals surface area contributed by atoms with E-state index in [1.54, 1.807) is 13.8 Å². The van der Waals surface area contributed by atoms with Gasteiger partial charge in [-0.05, 0) is 46.6 Å². The van der Waals surface area contributed by atoms with Gasteiger partial charge in [-0.2, -0.15) is 0 Å².